The molecule has 0 radical (unpaired) electrons. The molecule has 0 fully saturated rings. The van der Waals surface area contributed by atoms with E-state index in [4.69, 9.17) is 0 Å². The van der Waals surface area contributed by atoms with Crippen LogP contribution in [0.5, 0.6) is 0 Å². The highest BCUT2D eigenvalue weighted by Gasteiger charge is 2.28. The summed E-state index contributed by atoms with van der Waals surface area (Å²) in [5.41, 5.74) is -0.0700. The van der Waals surface area contributed by atoms with Gasteiger partial charge < -0.3 is 5.32 Å². The predicted octanol–water partition coefficient (Wildman–Crippen LogP) is 2.35. The summed E-state index contributed by atoms with van der Waals surface area (Å²) in [4.78, 5) is 16.1. The van der Waals surface area contributed by atoms with Crippen LogP contribution < -0.4 is 5.32 Å². The number of hydrogen-bond acceptors (Lipinski definition) is 4. The summed E-state index contributed by atoms with van der Waals surface area (Å²) in [5.74, 6) is -1.42. The van der Waals surface area contributed by atoms with Crippen molar-refractivity contribution in [1.29, 1.82) is 0 Å². The molecular formula is C15H16F4N4O2S. The topological polar surface area (TPSA) is 76.9 Å². The first-order chi connectivity index (χ1) is 12.0. The summed E-state index contributed by atoms with van der Waals surface area (Å²) in [5, 5.41) is 5.71. The highest BCUT2D eigenvalue weighted by molar-refractivity contribution is 7.84. The van der Waals surface area contributed by atoms with E-state index in [1.165, 1.54) is 18.7 Å². The molecule has 1 aromatic heterocycles. The van der Waals surface area contributed by atoms with Crippen molar-refractivity contribution in [3.05, 3.63) is 29.1 Å². The average molecular weight is 392 g/mol. The molecule has 0 aliphatic heterocycles. The van der Waals surface area contributed by atoms with Crippen LogP contribution in [-0.2, 0) is 17.8 Å². The molecule has 0 bridgehead atoms. The first-order valence-electron chi connectivity index (χ1n) is 7.48. The molecule has 1 N–H and O–H groups in total. The second kappa shape index (κ2) is 7.52. The van der Waals surface area contributed by atoms with Crippen LogP contribution in [0.15, 0.2) is 17.3 Å². The number of benzene rings is 1. The Balaban J connectivity index is 2.44. The fourth-order valence-electron chi connectivity index (χ4n) is 2.19. The lowest BCUT2D eigenvalue weighted by Gasteiger charge is -2.12. The van der Waals surface area contributed by atoms with Crippen molar-refractivity contribution < 1.29 is 26.6 Å². The van der Waals surface area contributed by atoms with Crippen LogP contribution in [0.1, 0.15) is 22.8 Å². The van der Waals surface area contributed by atoms with Crippen molar-refractivity contribution in [2.24, 2.45) is 7.05 Å². The number of aryl methyl sites for hydroxylation is 2. The van der Waals surface area contributed by atoms with Gasteiger partial charge in [0.1, 0.15) is 12.4 Å². The van der Waals surface area contributed by atoms with E-state index in [9.17, 15) is 26.6 Å². The normalized spacial score (nSPS) is 12.9. The number of halogens is 4. The van der Waals surface area contributed by atoms with Gasteiger partial charge in [-0.25, -0.2) is 9.07 Å². The van der Waals surface area contributed by atoms with Crippen molar-refractivity contribution in [3.63, 3.8) is 0 Å². The maximum absolute atomic E-state index is 14.4. The van der Waals surface area contributed by atoms with E-state index in [1.807, 2.05) is 0 Å². The summed E-state index contributed by atoms with van der Waals surface area (Å²) in [6.07, 6.45) is -4.56. The van der Waals surface area contributed by atoms with Gasteiger partial charge in [0, 0.05) is 18.4 Å². The van der Waals surface area contributed by atoms with E-state index in [2.05, 4.69) is 10.1 Å². The molecule has 0 saturated carbocycles. The van der Waals surface area contributed by atoms with Gasteiger partial charge in [0.05, 0.1) is 16.4 Å². The number of aromatic nitrogens is 3. The van der Waals surface area contributed by atoms with Gasteiger partial charge in [-0.15, -0.1) is 5.10 Å². The van der Waals surface area contributed by atoms with Crippen LogP contribution in [0, 0.1) is 12.7 Å². The molecule has 26 heavy (non-hydrogen) atoms. The van der Waals surface area contributed by atoms with E-state index >= 15 is 0 Å². The summed E-state index contributed by atoms with van der Waals surface area (Å²) in [6, 6.07) is 2.14. The summed E-state index contributed by atoms with van der Waals surface area (Å²) in [7, 11) is -0.00185. The maximum Gasteiger partial charge on any atom is 0.405 e. The second-order valence-corrected chi connectivity index (χ2v) is 7.05. The summed E-state index contributed by atoms with van der Waals surface area (Å²) >= 11 is 0. The molecule has 1 unspecified atom stereocenters. The monoisotopic (exact) mass is 392 g/mol. The first kappa shape index (κ1) is 20.0. The highest BCUT2D eigenvalue weighted by Crippen LogP contribution is 2.25. The number of carbonyl (C=O) groups excluding carboxylic acids is 1. The van der Waals surface area contributed by atoms with Crippen molar-refractivity contribution in [1.82, 2.24) is 20.1 Å². The molecule has 1 atom stereocenters. The van der Waals surface area contributed by atoms with Crippen LogP contribution in [-0.4, -0.2) is 43.4 Å². The molecule has 0 aliphatic carbocycles. The van der Waals surface area contributed by atoms with E-state index in [0.717, 1.165) is 12.1 Å². The van der Waals surface area contributed by atoms with E-state index in [-0.39, 0.29) is 33.4 Å². The Bertz CT molecular complexity index is 864. The molecule has 2 rings (SSSR count). The molecule has 1 amide bonds. The van der Waals surface area contributed by atoms with Crippen molar-refractivity contribution in [2.45, 2.75) is 25.2 Å². The minimum Gasteiger partial charge on any atom is -0.343 e. The van der Waals surface area contributed by atoms with E-state index < -0.39 is 35.2 Å². The number of nitrogens with one attached hydrogen (secondary N) is 1. The Hall–Kier alpha value is -2.30. The van der Waals surface area contributed by atoms with Crippen molar-refractivity contribution >= 4 is 16.7 Å². The van der Waals surface area contributed by atoms with Crippen LogP contribution in [0.25, 0.3) is 11.4 Å². The zero-order valence-electron chi connectivity index (χ0n) is 14.1. The summed E-state index contributed by atoms with van der Waals surface area (Å²) < 4.78 is 64.2. The van der Waals surface area contributed by atoms with E-state index in [0.29, 0.717) is 0 Å². The van der Waals surface area contributed by atoms with Crippen molar-refractivity contribution in [2.75, 3.05) is 12.3 Å². The largest absolute Gasteiger partial charge is 0.405 e. The molecule has 0 aliphatic rings. The van der Waals surface area contributed by atoms with Gasteiger partial charge in [-0.05, 0) is 24.6 Å². The molecule has 2 aromatic rings. The van der Waals surface area contributed by atoms with Crippen LogP contribution in [0.3, 0.4) is 0 Å². The number of carbonyl (C=O) groups is 1. The fourth-order valence-corrected chi connectivity index (χ4v) is 2.85. The Kier molecular flexibility index (Phi) is 5.79. The predicted molar refractivity (Wildman–Crippen MR) is 86.5 cm³/mol. The Morgan fingerprint density at radius 3 is 2.58 bits per heavy atom. The van der Waals surface area contributed by atoms with Gasteiger partial charge in [0.2, 0.25) is 5.16 Å². The molecule has 142 valence electrons. The fraction of sp³-hybridized carbons (Fsp3) is 0.400. The standard InChI is InChI=1S/C15H16F4N4O2S/c1-4-26(25)14-21-12(23(3)22-14)10-6-9(8(2)5-11(10)16)13(24)20-7-15(17,18)19/h5-6H,4,7H2,1-3H3,(H,20,24). The Labute approximate surface area is 149 Å². The van der Waals surface area contributed by atoms with Crippen LogP contribution in [0.2, 0.25) is 0 Å². The first-order valence-corrected chi connectivity index (χ1v) is 8.80. The maximum atomic E-state index is 14.4. The number of alkyl halides is 3. The lowest BCUT2D eigenvalue weighted by molar-refractivity contribution is -0.123. The molecule has 11 heteroatoms. The number of rotatable bonds is 5. The number of hydrogen-bond donors (Lipinski definition) is 1. The van der Waals surface area contributed by atoms with Gasteiger partial charge >= 0.3 is 6.18 Å². The molecule has 1 heterocycles. The third kappa shape index (κ3) is 4.45. The minimum absolute atomic E-state index is 0.00745. The third-order valence-corrected chi connectivity index (χ3v) is 4.56. The van der Waals surface area contributed by atoms with E-state index in [1.54, 1.807) is 12.2 Å². The number of nitrogens with zero attached hydrogens (tertiary/aromatic N) is 3. The highest BCUT2D eigenvalue weighted by atomic mass is 32.2. The average Bonchev–Trinajstić information content (AvgIpc) is 2.93. The van der Waals surface area contributed by atoms with Gasteiger partial charge in [-0.1, -0.05) is 6.92 Å². The smallest absolute Gasteiger partial charge is 0.343 e. The third-order valence-electron chi connectivity index (χ3n) is 3.46. The minimum atomic E-state index is -4.56. The second-order valence-electron chi connectivity index (χ2n) is 5.42. The quantitative estimate of drug-likeness (QED) is 0.793. The zero-order valence-corrected chi connectivity index (χ0v) is 15.0. The summed E-state index contributed by atoms with van der Waals surface area (Å²) in [6.45, 7) is 1.58. The Morgan fingerprint density at radius 1 is 1.35 bits per heavy atom. The molecule has 0 spiro atoms. The zero-order chi connectivity index (χ0) is 19.6. The van der Waals surface area contributed by atoms with Crippen LogP contribution in [0.4, 0.5) is 17.6 Å². The van der Waals surface area contributed by atoms with Crippen LogP contribution >= 0.6 is 0 Å². The SMILES string of the molecule is CCS(=O)c1nc(-c2cc(C(=O)NCC(F)(F)F)c(C)cc2F)n(C)n1. The van der Waals surface area contributed by atoms with Gasteiger partial charge in [-0.2, -0.15) is 18.2 Å². The van der Waals surface area contributed by atoms with Gasteiger partial charge in [0.25, 0.3) is 5.91 Å². The molecular weight excluding hydrogens is 376 g/mol. The molecule has 6 nitrogen and oxygen atoms in total. The number of amides is 1. The van der Waals surface area contributed by atoms with Crippen molar-refractivity contribution in [3.8, 4) is 11.4 Å². The lowest BCUT2D eigenvalue weighted by atomic mass is 10.0. The van der Waals surface area contributed by atoms with Gasteiger partial charge in [-0.3, -0.25) is 9.00 Å². The lowest BCUT2D eigenvalue weighted by Crippen LogP contribution is -2.34. The van der Waals surface area contributed by atoms with Gasteiger partial charge in [0.15, 0.2) is 5.82 Å². The Morgan fingerprint density at radius 2 is 2.00 bits per heavy atom. The molecule has 0 saturated heterocycles. The molecule has 1 aromatic carbocycles.